The van der Waals surface area contributed by atoms with Crippen LogP contribution in [0.3, 0.4) is 0 Å². The van der Waals surface area contributed by atoms with Gasteiger partial charge in [-0.05, 0) is 104 Å². The van der Waals surface area contributed by atoms with Crippen LogP contribution in [0.25, 0.3) is 55.3 Å². The van der Waals surface area contributed by atoms with Crippen molar-refractivity contribution < 1.29 is 4.42 Å². The van der Waals surface area contributed by atoms with E-state index >= 15 is 0 Å². The molecule has 0 fully saturated rings. The zero-order chi connectivity index (χ0) is 40.2. The topological polar surface area (TPSA) is 16.4 Å². The van der Waals surface area contributed by atoms with Crippen LogP contribution >= 0.6 is 0 Å². The smallest absolute Gasteiger partial charge is 0.143 e. The van der Waals surface area contributed by atoms with Crippen molar-refractivity contribution in [3.05, 3.63) is 246 Å². The molecule has 1 aromatic heterocycles. The molecule has 60 heavy (non-hydrogen) atoms. The van der Waals surface area contributed by atoms with Gasteiger partial charge >= 0.3 is 0 Å². The molecular formula is C58H43NO. The lowest BCUT2D eigenvalue weighted by molar-refractivity contribution is 0.670. The van der Waals surface area contributed by atoms with Crippen molar-refractivity contribution in [2.45, 2.75) is 25.2 Å². The molecule has 2 nitrogen and oxygen atoms in total. The van der Waals surface area contributed by atoms with Gasteiger partial charge in [0.2, 0.25) is 0 Å². The summed E-state index contributed by atoms with van der Waals surface area (Å²) in [6, 6.07) is 79.8. The van der Waals surface area contributed by atoms with Crippen LogP contribution in [0.4, 0.5) is 17.1 Å². The maximum absolute atomic E-state index is 6.48. The summed E-state index contributed by atoms with van der Waals surface area (Å²) in [5, 5.41) is 2.27. The Balaban J connectivity index is 1.13. The van der Waals surface area contributed by atoms with Crippen molar-refractivity contribution in [2.75, 3.05) is 4.90 Å². The van der Waals surface area contributed by atoms with E-state index in [-0.39, 0.29) is 5.92 Å². The van der Waals surface area contributed by atoms with Crippen LogP contribution in [0, 0.1) is 0 Å². The third-order valence-electron chi connectivity index (χ3n) is 12.5. The molecule has 0 saturated carbocycles. The molecule has 0 radical (unpaired) electrons. The second kappa shape index (κ2) is 14.4. The largest absolute Gasteiger partial charge is 0.455 e. The minimum Gasteiger partial charge on any atom is -0.455 e. The van der Waals surface area contributed by atoms with Gasteiger partial charge in [0.25, 0.3) is 0 Å². The molecule has 0 amide bonds. The van der Waals surface area contributed by atoms with Crippen LogP contribution in [0.15, 0.2) is 223 Å². The minimum atomic E-state index is -0.522. The average molecular weight is 770 g/mol. The van der Waals surface area contributed by atoms with E-state index in [4.69, 9.17) is 4.42 Å². The Morgan fingerprint density at radius 2 is 0.933 bits per heavy atom. The highest BCUT2D eigenvalue weighted by Gasteiger charge is 2.46. The van der Waals surface area contributed by atoms with Gasteiger partial charge in [0.05, 0.1) is 5.41 Å². The molecule has 0 atom stereocenters. The molecule has 286 valence electrons. The van der Waals surface area contributed by atoms with Crippen LogP contribution in [-0.2, 0) is 5.41 Å². The zero-order valence-corrected chi connectivity index (χ0v) is 33.7. The van der Waals surface area contributed by atoms with Crippen LogP contribution in [0.1, 0.15) is 47.6 Å². The number of nitrogens with zero attached hydrogens (tertiary/aromatic N) is 1. The summed E-state index contributed by atoms with van der Waals surface area (Å²) in [4.78, 5) is 2.43. The first-order chi connectivity index (χ1) is 29.6. The number of rotatable bonds is 8. The van der Waals surface area contributed by atoms with Gasteiger partial charge in [-0.3, -0.25) is 0 Å². The quantitative estimate of drug-likeness (QED) is 0.153. The van der Waals surface area contributed by atoms with Gasteiger partial charge in [-0.2, -0.15) is 0 Å². The molecule has 1 aliphatic rings. The number of furan rings is 1. The normalized spacial score (nSPS) is 12.8. The highest BCUT2D eigenvalue weighted by molar-refractivity contribution is 6.09. The number of fused-ring (bicyclic) bond motifs is 6. The van der Waals surface area contributed by atoms with Gasteiger partial charge in [-0.25, -0.2) is 0 Å². The Morgan fingerprint density at radius 3 is 1.60 bits per heavy atom. The highest BCUT2D eigenvalue weighted by Crippen LogP contribution is 2.57. The van der Waals surface area contributed by atoms with Crippen LogP contribution in [0.2, 0.25) is 0 Å². The third kappa shape index (κ3) is 5.71. The zero-order valence-electron chi connectivity index (χ0n) is 33.7. The summed E-state index contributed by atoms with van der Waals surface area (Å²) in [5.41, 5.74) is 18.2. The first kappa shape index (κ1) is 35.7. The molecule has 0 N–H and O–H groups in total. The third-order valence-corrected chi connectivity index (χ3v) is 12.5. The molecule has 1 heterocycles. The molecule has 10 aromatic rings. The van der Waals surface area contributed by atoms with E-state index in [1.807, 2.05) is 12.1 Å². The standard InChI is InChI=1S/C58H43NO/c1-39(2)43-36-45(58(44-18-7-4-8-19-44)54-25-12-9-20-50(54)51-21-10-13-26-55(51)58)38-48(37-43)59(46-32-28-41(29-33-46)40-16-5-3-6-17-40)47-34-30-42(31-35-47)49-23-15-24-53-52-22-11-14-27-56(52)60-57(49)53/h3-39H,1-2H3. The monoisotopic (exact) mass is 769 g/mol. The second-order valence-electron chi connectivity index (χ2n) is 16.3. The van der Waals surface area contributed by atoms with E-state index in [0.717, 1.165) is 50.1 Å². The molecule has 0 saturated heterocycles. The number of benzene rings is 9. The molecule has 0 spiro atoms. The van der Waals surface area contributed by atoms with Crippen molar-refractivity contribution in [1.82, 2.24) is 0 Å². The molecule has 0 bridgehead atoms. The number of para-hydroxylation sites is 2. The van der Waals surface area contributed by atoms with E-state index in [9.17, 15) is 0 Å². The minimum absolute atomic E-state index is 0.289. The van der Waals surface area contributed by atoms with Crippen molar-refractivity contribution in [3.8, 4) is 33.4 Å². The average Bonchev–Trinajstić information content (AvgIpc) is 3.84. The van der Waals surface area contributed by atoms with E-state index in [2.05, 4.69) is 225 Å². The lowest BCUT2D eigenvalue weighted by Crippen LogP contribution is -2.29. The number of hydrogen-bond acceptors (Lipinski definition) is 2. The Kier molecular flexibility index (Phi) is 8.60. The van der Waals surface area contributed by atoms with Gasteiger partial charge in [-0.15, -0.1) is 0 Å². The van der Waals surface area contributed by atoms with E-state index < -0.39 is 5.41 Å². The Hall–Kier alpha value is -7.42. The predicted octanol–water partition coefficient (Wildman–Crippen LogP) is 15.9. The maximum Gasteiger partial charge on any atom is 0.143 e. The molecule has 0 unspecified atom stereocenters. The Morgan fingerprint density at radius 1 is 0.400 bits per heavy atom. The van der Waals surface area contributed by atoms with Crippen molar-refractivity contribution in [3.63, 3.8) is 0 Å². The van der Waals surface area contributed by atoms with Gasteiger partial charge in [0, 0.05) is 33.4 Å². The molecule has 0 aliphatic heterocycles. The Labute approximate surface area is 351 Å². The number of hydrogen-bond donors (Lipinski definition) is 0. The molecule has 2 heteroatoms. The first-order valence-electron chi connectivity index (χ1n) is 20.9. The van der Waals surface area contributed by atoms with Crippen LogP contribution < -0.4 is 4.90 Å². The van der Waals surface area contributed by atoms with E-state index in [1.165, 1.54) is 50.1 Å². The second-order valence-corrected chi connectivity index (χ2v) is 16.3. The van der Waals surface area contributed by atoms with Crippen LogP contribution in [-0.4, -0.2) is 0 Å². The van der Waals surface area contributed by atoms with E-state index in [1.54, 1.807) is 0 Å². The summed E-state index contributed by atoms with van der Waals surface area (Å²) >= 11 is 0. The fourth-order valence-corrected chi connectivity index (χ4v) is 9.67. The van der Waals surface area contributed by atoms with Crippen molar-refractivity contribution in [2.24, 2.45) is 0 Å². The fraction of sp³-hybridized carbons (Fsp3) is 0.0690. The lowest BCUT2D eigenvalue weighted by Gasteiger charge is -2.36. The number of anilines is 3. The predicted molar refractivity (Wildman–Crippen MR) is 251 cm³/mol. The van der Waals surface area contributed by atoms with E-state index in [0.29, 0.717) is 0 Å². The van der Waals surface area contributed by atoms with Gasteiger partial charge in [0.15, 0.2) is 0 Å². The molecule has 9 aromatic carbocycles. The first-order valence-corrected chi connectivity index (χ1v) is 20.9. The fourth-order valence-electron chi connectivity index (χ4n) is 9.67. The highest BCUT2D eigenvalue weighted by atomic mass is 16.3. The van der Waals surface area contributed by atoms with Gasteiger partial charge in [-0.1, -0.05) is 190 Å². The van der Waals surface area contributed by atoms with Gasteiger partial charge < -0.3 is 9.32 Å². The SMILES string of the molecule is CC(C)c1cc(N(c2ccc(-c3ccccc3)cc2)c2ccc(-c3cccc4c3oc3ccccc34)cc2)cc(C2(c3ccccc3)c3ccccc3-c3ccccc32)c1. The van der Waals surface area contributed by atoms with Crippen molar-refractivity contribution >= 4 is 39.0 Å². The maximum atomic E-state index is 6.48. The Bertz CT molecular complexity index is 3110. The summed E-state index contributed by atoms with van der Waals surface area (Å²) in [6.07, 6.45) is 0. The molecule has 1 aliphatic carbocycles. The summed E-state index contributed by atoms with van der Waals surface area (Å²) in [7, 11) is 0. The summed E-state index contributed by atoms with van der Waals surface area (Å²) in [5.74, 6) is 0.289. The summed E-state index contributed by atoms with van der Waals surface area (Å²) < 4.78 is 6.48. The lowest BCUT2D eigenvalue weighted by atomic mass is 9.67. The summed E-state index contributed by atoms with van der Waals surface area (Å²) in [6.45, 7) is 4.61. The van der Waals surface area contributed by atoms with Crippen LogP contribution in [0.5, 0.6) is 0 Å². The van der Waals surface area contributed by atoms with Crippen molar-refractivity contribution in [1.29, 1.82) is 0 Å². The molecule has 11 rings (SSSR count). The molecular weight excluding hydrogens is 727 g/mol. The van der Waals surface area contributed by atoms with Gasteiger partial charge in [0.1, 0.15) is 11.2 Å².